The van der Waals surface area contributed by atoms with Crippen molar-refractivity contribution in [3.63, 3.8) is 0 Å². The van der Waals surface area contributed by atoms with Crippen LogP contribution < -0.4 is 10.8 Å². The second-order valence-corrected chi connectivity index (χ2v) is 4.26. The van der Waals surface area contributed by atoms with Gasteiger partial charge in [-0.2, -0.15) is 0 Å². The molecule has 0 bridgehead atoms. The molecule has 0 aromatic carbocycles. The SMILES string of the molecule is CON/C=C\C=C1\C=C(c2cccs2)NC1. The van der Waals surface area contributed by atoms with Crippen LogP contribution in [0, 0.1) is 0 Å². The van der Waals surface area contributed by atoms with Crippen LogP contribution in [0.3, 0.4) is 0 Å². The van der Waals surface area contributed by atoms with Crippen molar-refractivity contribution in [2.45, 2.75) is 0 Å². The first kappa shape index (κ1) is 11.0. The Labute approximate surface area is 99.1 Å². The number of allylic oxidation sites excluding steroid dienone is 2. The van der Waals surface area contributed by atoms with E-state index in [9.17, 15) is 0 Å². The lowest BCUT2D eigenvalue weighted by molar-refractivity contribution is 0.128. The fraction of sp³-hybridized carbons (Fsp3) is 0.167. The van der Waals surface area contributed by atoms with Gasteiger partial charge in [0.05, 0.1) is 17.7 Å². The first-order valence-corrected chi connectivity index (χ1v) is 5.92. The minimum absolute atomic E-state index is 0.880. The second kappa shape index (κ2) is 5.53. The van der Waals surface area contributed by atoms with Crippen molar-refractivity contribution in [1.29, 1.82) is 0 Å². The van der Waals surface area contributed by atoms with Gasteiger partial charge in [-0.3, -0.25) is 10.3 Å². The summed E-state index contributed by atoms with van der Waals surface area (Å²) in [6.45, 7) is 0.880. The fourth-order valence-electron chi connectivity index (χ4n) is 1.46. The van der Waals surface area contributed by atoms with E-state index in [0.29, 0.717) is 0 Å². The summed E-state index contributed by atoms with van der Waals surface area (Å²) in [7, 11) is 1.59. The molecule has 0 atom stereocenters. The van der Waals surface area contributed by atoms with Crippen LogP contribution in [0.25, 0.3) is 5.70 Å². The Balaban J connectivity index is 2.00. The summed E-state index contributed by atoms with van der Waals surface area (Å²) >= 11 is 1.75. The average Bonchev–Trinajstić information content (AvgIpc) is 2.94. The van der Waals surface area contributed by atoms with Crippen LogP contribution in [0.1, 0.15) is 4.88 Å². The van der Waals surface area contributed by atoms with Crippen molar-refractivity contribution in [3.8, 4) is 0 Å². The summed E-state index contributed by atoms with van der Waals surface area (Å²) in [4.78, 5) is 5.97. The largest absolute Gasteiger partial charge is 0.380 e. The zero-order valence-corrected chi connectivity index (χ0v) is 9.88. The maximum absolute atomic E-state index is 4.69. The molecule has 0 fully saturated rings. The summed E-state index contributed by atoms with van der Waals surface area (Å²) in [5.41, 5.74) is 5.11. The molecular formula is C12H14N2OS. The topological polar surface area (TPSA) is 33.3 Å². The zero-order valence-electron chi connectivity index (χ0n) is 9.07. The van der Waals surface area contributed by atoms with Gasteiger partial charge < -0.3 is 5.32 Å². The molecule has 2 rings (SSSR count). The molecule has 0 saturated heterocycles. The van der Waals surface area contributed by atoms with Gasteiger partial charge >= 0.3 is 0 Å². The van der Waals surface area contributed by atoms with Crippen LogP contribution >= 0.6 is 11.3 Å². The summed E-state index contributed by atoms with van der Waals surface area (Å²) in [5, 5.41) is 5.45. The molecule has 1 aliphatic heterocycles. The lowest BCUT2D eigenvalue weighted by Gasteiger charge is -1.97. The monoisotopic (exact) mass is 234 g/mol. The molecule has 2 heterocycles. The van der Waals surface area contributed by atoms with Gasteiger partial charge in [0.25, 0.3) is 0 Å². The Bertz CT molecular complexity index is 418. The van der Waals surface area contributed by atoms with Crippen LogP contribution in [0.5, 0.6) is 0 Å². The predicted octanol–water partition coefficient (Wildman–Crippen LogP) is 2.28. The third kappa shape index (κ3) is 2.74. The molecule has 16 heavy (non-hydrogen) atoms. The smallest absolute Gasteiger partial charge is 0.0636 e. The van der Waals surface area contributed by atoms with E-state index in [1.54, 1.807) is 24.6 Å². The van der Waals surface area contributed by atoms with E-state index in [4.69, 9.17) is 4.84 Å². The molecular weight excluding hydrogens is 220 g/mol. The van der Waals surface area contributed by atoms with Crippen molar-refractivity contribution in [3.05, 3.63) is 52.4 Å². The van der Waals surface area contributed by atoms with Crippen molar-refractivity contribution >= 4 is 17.0 Å². The summed E-state index contributed by atoms with van der Waals surface area (Å²) in [5.74, 6) is 0. The van der Waals surface area contributed by atoms with Crippen LogP contribution in [-0.2, 0) is 4.84 Å². The van der Waals surface area contributed by atoms with Crippen molar-refractivity contribution in [2.75, 3.05) is 13.7 Å². The highest BCUT2D eigenvalue weighted by molar-refractivity contribution is 7.11. The molecule has 0 radical (unpaired) electrons. The van der Waals surface area contributed by atoms with Gasteiger partial charge in [0.2, 0.25) is 0 Å². The third-order valence-electron chi connectivity index (χ3n) is 2.19. The van der Waals surface area contributed by atoms with Gasteiger partial charge in [-0.25, -0.2) is 0 Å². The Morgan fingerprint density at radius 2 is 2.50 bits per heavy atom. The van der Waals surface area contributed by atoms with Gasteiger partial charge in [0.1, 0.15) is 0 Å². The molecule has 3 nitrogen and oxygen atoms in total. The lowest BCUT2D eigenvalue weighted by atomic mass is 10.2. The summed E-state index contributed by atoms with van der Waals surface area (Å²) in [6.07, 6.45) is 7.90. The van der Waals surface area contributed by atoms with E-state index in [2.05, 4.69) is 40.5 Å². The maximum atomic E-state index is 4.69. The van der Waals surface area contributed by atoms with Gasteiger partial charge in [-0.15, -0.1) is 11.3 Å². The summed E-state index contributed by atoms with van der Waals surface area (Å²) in [6, 6.07) is 4.18. The first-order chi connectivity index (χ1) is 7.90. The number of rotatable bonds is 4. The van der Waals surface area contributed by atoms with E-state index >= 15 is 0 Å². The maximum Gasteiger partial charge on any atom is 0.0636 e. The van der Waals surface area contributed by atoms with E-state index in [-0.39, 0.29) is 0 Å². The van der Waals surface area contributed by atoms with Gasteiger partial charge in [0, 0.05) is 12.7 Å². The molecule has 1 aromatic heterocycles. The third-order valence-corrected chi connectivity index (χ3v) is 3.09. The predicted molar refractivity (Wildman–Crippen MR) is 67.7 cm³/mol. The van der Waals surface area contributed by atoms with Crippen LogP contribution in [0.4, 0.5) is 0 Å². The normalized spacial score (nSPS) is 17.8. The minimum Gasteiger partial charge on any atom is -0.380 e. The molecule has 0 saturated carbocycles. The Morgan fingerprint density at radius 1 is 1.56 bits per heavy atom. The number of hydrogen-bond acceptors (Lipinski definition) is 4. The molecule has 0 unspecified atom stereocenters. The number of nitrogens with one attached hydrogen (secondary N) is 2. The molecule has 4 heteroatoms. The second-order valence-electron chi connectivity index (χ2n) is 3.31. The van der Waals surface area contributed by atoms with Crippen LogP contribution in [-0.4, -0.2) is 13.7 Å². The van der Waals surface area contributed by atoms with E-state index < -0.39 is 0 Å². The molecule has 84 valence electrons. The quantitative estimate of drug-likeness (QED) is 0.784. The minimum atomic E-state index is 0.880. The highest BCUT2D eigenvalue weighted by atomic mass is 32.1. The van der Waals surface area contributed by atoms with E-state index in [0.717, 1.165) is 6.54 Å². The molecule has 0 spiro atoms. The summed E-state index contributed by atoms with van der Waals surface area (Å²) < 4.78 is 0. The molecule has 2 N–H and O–H groups in total. The first-order valence-electron chi connectivity index (χ1n) is 5.04. The van der Waals surface area contributed by atoms with Crippen molar-refractivity contribution in [1.82, 2.24) is 10.8 Å². The van der Waals surface area contributed by atoms with E-state index in [1.807, 2.05) is 6.08 Å². The number of thiophene rings is 1. The zero-order chi connectivity index (χ0) is 11.2. The van der Waals surface area contributed by atoms with Crippen molar-refractivity contribution < 1.29 is 4.84 Å². The van der Waals surface area contributed by atoms with Crippen molar-refractivity contribution in [2.24, 2.45) is 0 Å². The van der Waals surface area contributed by atoms with E-state index in [1.165, 1.54) is 16.1 Å². The molecule has 1 aliphatic rings. The number of hydroxylamine groups is 1. The number of hydrogen-bond donors (Lipinski definition) is 2. The van der Waals surface area contributed by atoms with Gasteiger partial charge in [-0.05, 0) is 29.2 Å². The molecule has 0 amide bonds. The van der Waals surface area contributed by atoms with Crippen LogP contribution in [0.2, 0.25) is 0 Å². The average molecular weight is 234 g/mol. The molecule has 1 aromatic rings. The highest BCUT2D eigenvalue weighted by Gasteiger charge is 2.09. The standard InChI is InChI=1S/C12H14N2OS/c1-15-14-6-2-4-10-8-11(13-9-10)12-5-3-7-16-12/h2-8,13-14H,9H2,1H3/b6-2-,10-4-. The van der Waals surface area contributed by atoms with Gasteiger partial charge in [-0.1, -0.05) is 12.1 Å². The fourth-order valence-corrected chi connectivity index (χ4v) is 2.18. The Hall–Kier alpha value is -1.52. The lowest BCUT2D eigenvalue weighted by Crippen LogP contribution is -2.06. The van der Waals surface area contributed by atoms with Gasteiger partial charge in [0.15, 0.2) is 0 Å². The Morgan fingerprint density at radius 3 is 3.25 bits per heavy atom. The molecule has 0 aliphatic carbocycles. The van der Waals surface area contributed by atoms with Crippen LogP contribution in [0.15, 0.2) is 47.5 Å². The highest BCUT2D eigenvalue weighted by Crippen LogP contribution is 2.23. The Kier molecular flexibility index (Phi) is 3.80.